The van der Waals surface area contributed by atoms with Gasteiger partial charge in [0, 0.05) is 29.5 Å². The number of hydrogen-bond donors (Lipinski definition) is 0. The molecule has 0 radical (unpaired) electrons. The van der Waals surface area contributed by atoms with Gasteiger partial charge in [-0.2, -0.15) is 0 Å². The smallest absolute Gasteiger partial charge is 0.312 e. The molecule has 0 aliphatic heterocycles. The lowest BCUT2D eigenvalue weighted by molar-refractivity contribution is -0.384. The van der Waals surface area contributed by atoms with E-state index in [9.17, 15) is 10.1 Å². The van der Waals surface area contributed by atoms with Crippen molar-refractivity contribution in [3.63, 3.8) is 0 Å². The molecule has 0 bridgehead atoms. The van der Waals surface area contributed by atoms with Crippen molar-refractivity contribution < 1.29 is 4.92 Å². The number of halogens is 1. The highest BCUT2D eigenvalue weighted by molar-refractivity contribution is 9.10. The van der Waals surface area contributed by atoms with Gasteiger partial charge in [-0.15, -0.1) is 0 Å². The van der Waals surface area contributed by atoms with Crippen molar-refractivity contribution in [1.82, 2.24) is 9.97 Å². The SMILES string of the molecule is Cc1cccc(CN(C)c2ncc(Br)cc2[N+](=O)[O-])n1. The summed E-state index contributed by atoms with van der Waals surface area (Å²) >= 11 is 3.19. The maximum atomic E-state index is 11.1. The Hall–Kier alpha value is -2.02. The summed E-state index contributed by atoms with van der Waals surface area (Å²) in [6, 6.07) is 7.15. The first kappa shape index (κ1) is 14.4. The van der Waals surface area contributed by atoms with Crippen LogP contribution in [0.4, 0.5) is 11.5 Å². The number of nitrogens with zero attached hydrogens (tertiary/aromatic N) is 4. The van der Waals surface area contributed by atoms with Gasteiger partial charge in [0.1, 0.15) is 0 Å². The van der Waals surface area contributed by atoms with E-state index in [2.05, 4.69) is 25.9 Å². The van der Waals surface area contributed by atoms with Crippen molar-refractivity contribution in [3.05, 3.63) is 56.4 Å². The van der Waals surface area contributed by atoms with E-state index in [-0.39, 0.29) is 5.69 Å². The highest BCUT2D eigenvalue weighted by Crippen LogP contribution is 2.28. The predicted molar refractivity (Wildman–Crippen MR) is 79.7 cm³/mol. The number of rotatable bonds is 4. The minimum Gasteiger partial charge on any atom is -0.348 e. The Bertz CT molecular complexity index is 648. The molecule has 0 atom stereocenters. The van der Waals surface area contributed by atoms with Crippen molar-refractivity contribution in [3.8, 4) is 0 Å². The number of hydrogen-bond acceptors (Lipinski definition) is 5. The summed E-state index contributed by atoms with van der Waals surface area (Å²) in [6.07, 6.45) is 1.54. The van der Waals surface area contributed by atoms with Gasteiger partial charge in [0.15, 0.2) is 0 Å². The van der Waals surface area contributed by atoms with Gasteiger partial charge >= 0.3 is 5.69 Å². The second-order valence-corrected chi connectivity index (χ2v) is 5.30. The molecule has 0 aromatic carbocycles. The second-order valence-electron chi connectivity index (χ2n) is 4.38. The maximum Gasteiger partial charge on any atom is 0.312 e. The number of aromatic nitrogens is 2. The lowest BCUT2D eigenvalue weighted by Crippen LogP contribution is -2.19. The van der Waals surface area contributed by atoms with Crippen LogP contribution in [0.3, 0.4) is 0 Å². The van der Waals surface area contributed by atoms with E-state index in [4.69, 9.17) is 0 Å². The molecular weight excluding hydrogens is 324 g/mol. The van der Waals surface area contributed by atoms with Crippen LogP contribution >= 0.6 is 15.9 Å². The molecule has 20 heavy (non-hydrogen) atoms. The number of nitro groups is 1. The maximum absolute atomic E-state index is 11.1. The Morgan fingerprint density at radius 1 is 1.45 bits per heavy atom. The average Bonchev–Trinajstić information content (AvgIpc) is 2.38. The van der Waals surface area contributed by atoms with Crippen molar-refractivity contribution in [2.45, 2.75) is 13.5 Å². The van der Waals surface area contributed by atoms with Crippen LogP contribution in [0.25, 0.3) is 0 Å². The number of pyridine rings is 2. The fourth-order valence-electron chi connectivity index (χ4n) is 1.86. The van der Waals surface area contributed by atoms with Gasteiger partial charge in [0.05, 0.1) is 17.2 Å². The first-order chi connectivity index (χ1) is 9.47. The minimum absolute atomic E-state index is 0.0328. The van der Waals surface area contributed by atoms with E-state index in [1.165, 1.54) is 6.07 Å². The molecule has 0 N–H and O–H groups in total. The zero-order chi connectivity index (χ0) is 14.7. The highest BCUT2D eigenvalue weighted by atomic mass is 79.9. The Morgan fingerprint density at radius 3 is 2.85 bits per heavy atom. The molecule has 2 heterocycles. The third kappa shape index (κ3) is 3.30. The van der Waals surface area contributed by atoms with Crippen LogP contribution in [0.2, 0.25) is 0 Å². The number of anilines is 1. The molecule has 0 aliphatic rings. The van der Waals surface area contributed by atoms with Gasteiger partial charge in [0.2, 0.25) is 5.82 Å². The normalized spacial score (nSPS) is 10.3. The summed E-state index contributed by atoms with van der Waals surface area (Å²) in [5, 5.41) is 11.1. The van der Waals surface area contributed by atoms with E-state index < -0.39 is 4.92 Å². The molecule has 2 aromatic heterocycles. The molecule has 0 fully saturated rings. The average molecular weight is 337 g/mol. The molecule has 0 aliphatic carbocycles. The van der Waals surface area contributed by atoms with Gasteiger partial charge < -0.3 is 4.90 Å². The molecule has 7 heteroatoms. The largest absolute Gasteiger partial charge is 0.348 e. The molecule has 0 saturated carbocycles. The zero-order valence-electron chi connectivity index (χ0n) is 11.1. The Labute approximate surface area is 124 Å². The van der Waals surface area contributed by atoms with Gasteiger partial charge in [0.25, 0.3) is 0 Å². The zero-order valence-corrected chi connectivity index (χ0v) is 12.7. The molecule has 0 spiro atoms. The van der Waals surface area contributed by atoms with Gasteiger partial charge in [-0.25, -0.2) is 4.98 Å². The predicted octanol–water partition coefficient (Wildman–Crippen LogP) is 3.09. The van der Waals surface area contributed by atoms with Crippen LogP contribution in [0.1, 0.15) is 11.4 Å². The second kappa shape index (κ2) is 5.96. The quantitative estimate of drug-likeness (QED) is 0.633. The molecule has 2 aromatic rings. The molecule has 104 valence electrons. The van der Waals surface area contributed by atoms with Gasteiger partial charge in [-0.1, -0.05) is 6.07 Å². The first-order valence-electron chi connectivity index (χ1n) is 5.91. The van der Waals surface area contributed by atoms with E-state index in [0.29, 0.717) is 16.8 Å². The molecule has 0 unspecified atom stereocenters. The molecule has 0 saturated heterocycles. The Balaban J connectivity index is 2.29. The number of aryl methyl sites for hydroxylation is 1. The van der Waals surface area contributed by atoms with E-state index in [1.54, 1.807) is 18.1 Å². The van der Waals surface area contributed by atoms with E-state index in [1.807, 2.05) is 25.1 Å². The third-order valence-corrected chi connectivity index (χ3v) is 3.15. The fraction of sp³-hybridized carbons (Fsp3) is 0.231. The van der Waals surface area contributed by atoms with Crippen LogP contribution in [-0.2, 0) is 6.54 Å². The minimum atomic E-state index is -0.437. The lowest BCUT2D eigenvalue weighted by atomic mass is 10.3. The van der Waals surface area contributed by atoms with Crippen LogP contribution in [0.5, 0.6) is 0 Å². The summed E-state index contributed by atoms with van der Waals surface area (Å²) in [4.78, 5) is 20.9. The topological polar surface area (TPSA) is 72.2 Å². The monoisotopic (exact) mass is 336 g/mol. The fourth-order valence-corrected chi connectivity index (χ4v) is 2.17. The molecule has 6 nitrogen and oxygen atoms in total. The van der Waals surface area contributed by atoms with Crippen molar-refractivity contribution in [2.75, 3.05) is 11.9 Å². The van der Waals surface area contributed by atoms with E-state index in [0.717, 1.165) is 11.4 Å². The first-order valence-corrected chi connectivity index (χ1v) is 6.70. The standard InChI is InChI=1S/C13H13BrN4O2/c1-9-4-3-5-11(16-9)8-17(2)13-12(18(19)20)6-10(14)7-15-13/h3-7H,8H2,1-2H3. The lowest BCUT2D eigenvalue weighted by Gasteiger charge is -2.17. The van der Waals surface area contributed by atoms with Crippen molar-refractivity contribution in [1.29, 1.82) is 0 Å². The summed E-state index contributed by atoms with van der Waals surface area (Å²) in [5.74, 6) is 0.321. The molecule has 0 amide bonds. The van der Waals surface area contributed by atoms with Crippen molar-refractivity contribution >= 4 is 27.4 Å². The van der Waals surface area contributed by atoms with Gasteiger partial charge in [-0.3, -0.25) is 15.1 Å². The Kier molecular flexibility index (Phi) is 4.29. The van der Waals surface area contributed by atoms with E-state index >= 15 is 0 Å². The summed E-state index contributed by atoms with van der Waals surface area (Å²) in [7, 11) is 1.76. The summed E-state index contributed by atoms with van der Waals surface area (Å²) < 4.78 is 0.579. The Morgan fingerprint density at radius 2 is 2.20 bits per heavy atom. The van der Waals surface area contributed by atoms with Crippen LogP contribution in [0, 0.1) is 17.0 Å². The highest BCUT2D eigenvalue weighted by Gasteiger charge is 2.19. The third-order valence-electron chi connectivity index (χ3n) is 2.72. The summed E-state index contributed by atoms with van der Waals surface area (Å²) in [5.41, 5.74) is 1.72. The van der Waals surface area contributed by atoms with Crippen LogP contribution in [0.15, 0.2) is 34.9 Å². The summed E-state index contributed by atoms with van der Waals surface area (Å²) in [6.45, 7) is 2.36. The molecular formula is C13H13BrN4O2. The molecule has 2 rings (SSSR count). The van der Waals surface area contributed by atoms with Crippen LogP contribution in [-0.4, -0.2) is 21.9 Å². The van der Waals surface area contributed by atoms with Crippen molar-refractivity contribution in [2.24, 2.45) is 0 Å². The van der Waals surface area contributed by atoms with Crippen LogP contribution < -0.4 is 4.90 Å². The van der Waals surface area contributed by atoms with Gasteiger partial charge in [-0.05, 0) is 35.0 Å².